The van der Waals surface area contributed by atoms with E-state index >= 15 is 0 Å². The lowest BCUT2D eigenvalue weighted by molar-refractivity contribution is -0.121. The first-order chi connectivity index (χ1) is 16.6. The molecule has 2 heterocycles. The van der Waals surface area contributed by atoms with Gasteiger partial charge in [-0.25, -0.2) is 4.79 Å². The SMILES string of the molecule is COc1ccc(CCNC(=O)CCc2c(C)c3cc4c(C(C)(C)C)coc4c(C)c3oc2=O)cc1. The number of furan rings is 1. The summed E-state index contributed by atoms with van der Waals surface area (Å²) in [5.74, 6) is 0.717. The molecule has 0 spiro atoms. The summed E-state index contributed by atoms with van der Waals surface area (Å²) in [4.78, 5) is 25.3. The second kappa shape index (κ2) is 9.61. The summed E-state index contributed by atoms with van der Waals surface area (Å²) in [6.45, 7) is 10.8. The number of fused-ring (bicyclic) bond motifs is 2. The summed E-state index contributed by atoms with van der Waals surface area (Å²) < 4.78 is 16.8. The molecule has 2 aromatic carbocycles. The average molecular weight is 476 g/mol. The molecule has 0 radical (unpaired) electrons. The third kappa shape index (κ3) is 4.97. The van der Waals surface area contributed by atoms with E-state index < -0.39 is 5.63 Å². The van der Waals surface area contributed by atoms with Crippen molar-refractivity contribution >= 4 is 27.8 Å². The van der Waals surface area contributed by atoms with Crippen molar-refractivity contribution in [2.45, 2.75) is 59.3 Å². The van der Waals surface area contributed by atoms with Crippen LogP contribution >= 0.6 is 0 Å². The van der Waals surface area contributed by atoms with E-state index in [4.69, 9.17) is 13.6 Å². The number of rotatable bonds is 7. The molecule has 0 unspecified atom stereocenters. The Bertz CT molecular complexity index is 1430. The van der Waals surface area contributed by atoms with Crippen molar-refractivity contribution in [3.05, 3.63) is 74.8 Å². The molecule has 4 rings (SSSR count). The maximum atomic E-state index is 12.8. The third-order valence-electron chi connectivity index (χ3n) is 6.65. The van der Waals surface area contributed by atoms with Crippen molar-refractivity contribution in [2.24, 2.45) is 0 Å². The van der Waals surface area contributed by atoms with Crippen molar-refractivity contribution in [3.63, 3.8) is 0 Å². The van der Waals surface area contributed by atoms with E-state index in [1.165, 1.54) is 0 Å². The number of amides is 1. The molecular weight excluding hydrogens is 442 g/mol. The minimum atomic E-state index is -0.397. The molecule has 1 amide bonds. The van der Waals surface area contributed by atoms with E-state index in [0.717, 1.165) is 50.8 Å². The highest BCUT2D eigenvalue weighted by Crippen LogP contribution is 2.37. The fourth-order valence-electron chi connectivity index (χ4n) is 4.53. The van der Waals surface area contributed by atoms with Crippen LogP contribution in [0.15, 0.2) is 50.2 Å². The normalized spacial score (nSPS) is 11.8. The van der Waals surface area contributed by atoms with Crippen molar-refractivity contribution in [1.82, 2.24) is 5.32 Å². The number of hydrogen-bond acceptors (Lipinski definition) is 5. The molecule has 1 N–H and O–H groups in total. The van der Waals surface area contributed by atoms with Crippen LogP contribution in [0, 0.1) is 13.8 Å². The van der Waals surface area contributed by atoms with Gasteiger partial charge in [-0.05, 0) is 61.4 Å². The van der Waals surface area contributed by atoms with E-state index in [1.54, 1.807) is 13.4 Å². The van der Waals surface area contributed by atoms with Crippen molar-refractivity contribution < 1.29 is 18.4 Å². The highest BCUT2D eigenvalue weighted by Gasteiger charge is 2.23. The summed E-state index contributed by atoms with van der Waals surface area (Å²) >= 11 is 0. The number of carbonyl (C=O) groups is 1. The number of carbonyl (C=O) groups excluding carboxylic acids is 1. The van der Waals surface area contributed by atoms with E-state index in [1.807, 2.05) is 38.1 Å². The molecule has 6 heteroatoms. The van der Waals surface area contributed by atoms with Gasteiger partial charge in [0.05, 0.1) is 13.4 Å². The number of hydrogen-bond donors (Lipinski definition) is 1. The van der Waals surface area contributed by atoms with Crippen LogP contribution in [-0.2, 0) is 23.1 Å². The molecule has 0 saturated carbocycles. The summed E-state index contributed by atoms with van der Waals surface area (Å²) in [7, 11) is 1.63. The molecule has 184 valence electrons. The van der Waals surface area contributed by atoms with Crippen LogP contribution in [-0.4, -0.2) is 19.6 Å². The van der Waals surface area contributed by atoms with Crippen molar-refractivity contribution in [2.75, 3.05) is 13.7 Å². The lowest BCUT2D eigenvalue weighted by Gasteiger charge is -2.17. The van der Waals surface area contributed by atoms with Crippen LogP contribution in [0.1, 0.15) is 55.0 Å². The number of benzene rings is 2. The van der Waals surface area contributed by atoms with Gasteiger partial charge in [0, 0.05) is 40.4 Å². The first-order valence-electron chi connectivity index (χ1n) is 12.0. The summed E-state index contributed by atoms with van der Waals surface area (Å²) in [5, 5.41) is 4.86. The first-order valence-corrected chi connectivity index (χ1v) is 12.0. The maximum Gasteiger partial charge on any atom is 0.339 e. The van der Waals surface area contributed by atoms with Crippen LogP contribution in [0.3, 0.4) is 0 Å². The van der Waals surface area contributed by atoms with Gasteiger partial charge in [-0.2, -0.15) is 0 Å². The number of aryl methyl sites for hydroxylation is 2. The smallest absolute Gasteiger partial charge is 0.339 e. The van der Waals surface area contributed by atoms with Gasteiger partial charge in [-0.15, -0.1) is 0 Å². The molecule has 0 aliphatic heterocycles. The second-order valence-electron chi connectivity index (χ2n) is 10.1. The lowest BCUT2D eigenvalue weighted by Crippen LogP contribution is -2.26. The first kappa shape index (κ1) is 24.6. The Balaban J connectivity index is 1.51. The van der Waals surface area contributed by atoms with Gasteiger partial charge in [0.1, 0.15) is 16.9 Å². The van der Waals surface area contributed by atoms with Gasteiger partial charge in [0.15, 0.2) is 0 Å². The Morgan fingerprint density at radius 1 is 1.00 bits per heavy atom. The minimum absolute atomic E-state index is 0.0817. The molecule has 2 aromatic heterocycles. The second-order valence-corrected chi connectivity index (χ2v) is 10.1. The van der Waals surface area contributed by atoms with Gasteiger partial charge in [-0.1, -0.05) is 32.9 Å². The minimum Gasteiger partial charge on any atom is -0.497 e. The Morgan fingerprint density at radius 3 is 2.37 bits per heavy atom. The zero-order valence-electron chi connectivity index (χ0n) is 21.3. The predicted molar refractivity (Wildman–Crippen MR) is 138 cm³/mol. The topological polar surface area (TPSA) is 81.7 Å². The molecular formula is C29H33NO5. The molecule has 0 saturated heterocycles. The van der Waals surface area contributed by atoms with Crippen LogP contribution in [0.25, 0.3) is 21.9 Å². The van der Waals surface area contributed by atoms with Crippen molar-refractivity contribution in [3.8, 4) is 5.75 Å². The molecule has 0 aliphatic rings. The van der Waals surface area contributed by atoms with Gasteiger partial charge in [0.2, 0.25) is 5.91 Å². The average Bonchev–Trinajstić information content (AvgIpc) is 3.25. The standard InChI is InChI=1S/C29H33NO5/c1-17-21(11-12-25(31)30-14-13-19-7-9-20(33-6)10-8-19)28(32)35-27-18(2)26-23(15-22(17)27)24(16-34-26)29(3,4)5/h7-10,15-16H,11-14H2,1-6H3,(H,30,31). The Labute approximate surface area is 205 Å². The fourth-order valence-corrected chi connectivity index (χ4v) is 4.53. The Kier molecular flexibility index (Phi) is 6.75. The quantitative estimate of drug-likeness (QED) is 0.344. The van der Waals surface area contributed by atoms with Gasteiger partial charge in [0.25, 0.3) is 0 Å². The molecule has 0 atom stereocenters. The molecule has 0 fully saturated rings. The van der Waals surface area contributed by atoms with Gasteiger partial charge >= 0.3 is 5.63 Å². The fraction of sp³-hybridized carbons (Fsp3) is 0.379. The van der Waals surface area contributed by atoms with Crippen LogP contribution in [0.4, 0.5) is 0 Å². The van der Waals surface area contributed by atoms with E-state index in [-0.39, 0.29) is 17.7 Å². The van der Waals surface area contributed by atoms with Crippen LogP contribution in [0.5, 0.6) is 5.75 Å². The molecule has 35 heavy (non-hydrogen) atoms. The zero-order valence-corrected chi connectivity index (χ0v) is 21.3. The lowest BCUT2D eigenvalue weighted by atomic mass is 9.86. The Morgan fingerprint density at radius 2 is 1.71 bits per heavy atom. The molecule has 0 bridgehead atoms. The van der Waals surface area contributed by atoms with E-state index in [0.29, 0.717) is 24.1 Å². The largest absolute Gasteiger partial charge is 0.497 e. The van der Waals surface area contributed by atoms with Gasteiger partial charge in [-0.3, -0.25) is 4.79 Å². The third-order valence-corrected chi connectivity index (χ3v) is 6.65. The van der Waals surface area contributed by atoms with Gasteiger partial charge < -0.3 is 18.9 Å². The summed E-state index contributed by atoms with van der Waals surface area (Å²) in [6.07, 6.45) is 3.07. The number of ether oxygens (including phenoxy) is 1. The number of methoxy groups -OCH3 is 1. The maximum absolute atomic E-state index is 12.8. The predicted octanol–water partition coefficient (Wildman–Crippen LogP) is 5.75. The zero-order chi connectivity index (χ0) is 25.3. The molecule has 6 nitrogen and oxygen atoms in total. The monoisotopic (exact) mass is 475 g/mol. The molecule has 0 aliphatic carbocycles. The highest BCUT2D eigenvalue weighted by atomic mass is 16.5. The number of nitrogens with one attached hydrogen (secondary N) is 1. The van der Waals surface area contributed by atoms with Crippen LogP contribution < -0.4 is 15.7 Å². The molecule has 4 aromatic rings. The van der Waals surface area contributed by atoms with E-state index in [9.17, 15) is 9.59 Å². The van der Waals surface area contributed by atoms with Crippen LogP contribution in [0.2, 0.25) is 0 Å². The summed E-state index contributed by atoms with van der Waals surface area (Å²) in [6, 6.07) is 9.83. The van der Waals surface area contributed by atoms with Crippen molar-refractivity contribution in [1.29, 1.82) is 0 Å². The highest BCUT2D eigenvalue weighted by molar-refractivity contribution is 6.00. The van der Waals surface area contributed by atoms with E-state index in [2.05, 4.69) is 32.2 Å². The Hall–Kier alpha value is -3.54. The summed E-state index contributed by atoms with van der Waals surface area (Å²) in [5.41, 5.74) is 5.25.